The second-order valence-electron chi connectivity index (χ2n) is 11.4. The molecule has 0 fully saturated rings. The van der Waals surface area contributed by atoms with Gasteiger partial charge in [0.2, 0.25) is 0 Å². The standard InChI is InChI=1S/C30H41NO6Si/c1-8-21-9-13-23(14-10-21)24-15-11-22(12-16-24)19-35-30(5,27(33)18-32)28(34)26-17-25(37-31-26)20-36-38(6,7)29(2,3)4/h9-17,28,32,34H,8,18-20H2,1-7H3/t28-,30+/m0/s1. The Balaban J connectivity index is 1.70. The predicted molar refractivity (Wildman–Crippen MR) is 150 cm³/mol. The third-order valence-electron chi connectivity index (χ3n) is 7.65. The number of aryl methyl sites for hydroxylation is 1. The SMILES string of the molecule is CCc1ccc(-c2ccc(CO[C@](C)(C(=O)CO)[C@@H](O)c3cc(CO[Si](C)(C)C(C)(C)C)on3)cc2)cc1. The number of hydrogen-bond donors (Lipinski definition) is 2. The molecule has 3 rings (SSSR count). The third kappa shape index (κ3) is 6.87. The summed E-state index contributed by atoms with van der Waals surface area (Å²) < 4.78 is 17.5. The van der Waals surface area contributed by atoms with Crippen LogP contribution >= 0.6 is 0 Å². The van der Waals surface area contributed by atoms with Gasteiger partial charge in [0, 0.05) is 6.07 Å². The summed E-state index contributed by atoms with van der Waals surface area (Å²) in [5.41, 5.74) is 2.72. The van der Waals surface area contributed by atoms with Gasteiger partial charge in [-0.3, -0.25) is 4.79 Å². The second kappa shape index (κ2) is 12.0. The molecule has 0 aliphatic heterocycles. The van der Waals surface area contributed by atoms with Crippen molar-refractivity contribution in [3.8, 4) is 11.1 Å². The number of aromatic nitrogens is 1. The van der Waals surface area contributed by atoms with Gasteiger partial charge in [-0.15, -0.1) is 0 Å². The van der Waals surface area contributed by atoms with E-state index in [1.165, 1.54) is 12.5 Å². The highest BCUT2D eigenvalue weighted by Gasteiger charge is 2.44. The first-order valence-electron chi connectivity index (χ1n) is 13.0. The molecule has 7 nitrogen and oxygen atoms in total. The van der Waals surface area contributed by atoms with Crippen LogP contribution in [0.2, 0.25) is 18.1 Å². The summed E-state index contributed by atoms with van der Waals surface area (Å²) >= 11 is 0. The zero-order chi connectivity index (χ0) is 28.1. The fourth-order valence-electron chi connectivity index (χ4n) is 3.70. The van der Waals surface area contributed by atoms with Gasteiger partial charge >= 0.3 is 0 Å². The van der Waals surface area contributed by atoms with Gasteiger partial charge in [0.25, 0.3) is 0 Å². The monoisotopic (exact) mass is 539 g/mol. The molecule has 2 atom stereocenters. The number of ketones is 1. The molecule has 1 aromatic heterocycles. The molecule has 1 heterocycles. The number of Topliss-reactive ketones (excluding diaryl/α,β-unsaturated/α-hetero) is 1. The minimum absolute atomic E-state index is 0.0349. The summed E-state index contributed by atoms with van der Waals surface area (Å²) in [4.78, 5) is 12.7. The number of aliphatic hydroxyl groups excluding tert-OH is 2. The van der Waals surface area contributed by atoms with E-state index in [0.717, 1.165) is 23.1 Å². The normalized spacial score (nSPS) is 14.8. The molecule has 0 aliphatic rings. The summed E-state index contributed by atoms with van der Waals surface area (Å²) in [7, 11) is -2.01. The Morgan fingerprint density at radius 3 is 2.03 bits per heavy atom. The Kier molecular flexibility index (Phi) is 9.49. The lowest BCUT2D eigenvalue weighted by atomic mass is 9.91. The average molecular weight is 540 g/mol. The zero-order valence-electron chi connectivity index (χ0n) is 23.6. The Morgan fingerprint density at radius 2 is 1.53 bits per heavy atom. The van der Waals surface area contributed by atoms with Crippen molar-refractivity contribution >= 4 is 14.1 Å². The highest BCUT2D eigenvalue weighted by Crippen LogP contribution is 2.37. The molecule has 0 unspecified atom stereocenters. The van der Waals surface area contributed by atoms with E-state index in [1.54, 1.807) is 6.07 Å². The number of nitrogens with zero attached hydrogens (tertiary/aromatic N) is 1. The van der Waals surface area contributed by atoms with Gasteiger partial charge in [-0.05, 0) is 53.7 Å². The lowest BCUT2D eigenvalue weighted by Crippen LogP contribution is -2.46. The number of carbonyl (C=O) groups is 1. The average Bonchev–Trinajstić information content (AvgIpc) is 3.38. The van der Waals surface area contributed by atoms with E-state index in [1.807, 2.05) is 24.3 Å². The van der Waals surface area contributed by atoms with Crippen molar-refractivity contribution < 1.29 is 28.7 Å². The molecule has 38 heavy (non-hydrogen) atoms. The molecular weight excluding hydrogens is 498 g/mol. The molecule has 0 amide bonds. The van der Waals surface area contributed by atoms with Gasteiger partial charge in [-0.1, -0.05) is 81.4 Å². The summed E-state index contributed by atoms with van der Waals surface area (Å²) in [5, 5.41) is 24.7. The largest absolute Gasteiger partial charge is 0.409 e. The van der Waals surface area contributed by atoms with Crippen LogP contribution in [0.15, 0.2) is 59.1 Å². The Labute approximate surface area is 226 Å². The fraction of sp³-hybridized carbons (Fsp3) is 0.467. The minimum Gasteiger partial charge on any atom is -0.409 e. The van der Waals surface area contributed by atoms with Gasteiger partial charge < -0.3 is 23.9 Å². The quantitative estimate of drug-likeness (QED) is 0.272. The highest BCUT2D eigenvalue weighted by molar-refractivity contribution is 6.74. The van der Waals surface area contributed by atoms with E-state index >= 15 is 0 Å². The van der Waals surface area contributed by atoms with Gasteiger partial charge in [0.1, 0.15) is 18.4 Å². The molecule has 0 spiro atoms. The van der Waals surface area contributed by atoms with E-state index in [-0.39, 0.29) is 23.9 Å². The van der Waals surface area contributed by atoms with Crippen LogP contribution in [0.5, 0.6) is 0 Å². The minimum atomic E-state index is -2.01. The summed E-state index contributed by atoms with van der Waals surface area (Å²) in [6, 6.07) is 17.8. The molecule has 2 aromatic carbocycles. The van der Waals surface area contributed by atoms with Gasteiger partial charge in [0.15, 0.2) is 25.5 Å². The molecule has 2 N–H and O–H groups in total. The lowest BCUT2D eigenvalue weighted by molar-refractivity contribution is -0.166. The molecule has 0 saturated heterocycles. The molecule has 0 radical (unpaired) electrons. The topological polar surface area (TPSA) is 102 Å². The molecule has 0 bridgehead atoms. The summed E-state index contributed by atoms with van der Waals surface area (Å²) in [5.74, 6) is -0.204. The van der Waals surface area contributed by atoms with Crippen LogP contribution in [0, 0.1) is 0 Å². The van der Waals surface area contributed by atoms with Crippen molar-refractivity contribution in [3.05, 3.63) is 77.2 Å². The van der Waals surface area contributed by atoms with Crippen molar-refractivity contribution in [3.63, 3.8) is 0 Å². The molecule has 3 aromatic rings. The van der Waals surface area contributed by atoms with E-state index < -0.39 is 32.4 Å². The fourth-order valence-corrected chi connectivity index (χ4v) is 4.64. The van der Waals surface area contributed by atoms with Crippen molar-refractivity contribution in [2.24, 2.45) is 0 Å². The lowest BCUT2D eigenvalue weighted by Gasteiger charge is -2.35. The van der Waals surface area contributed by atoms with Crippen LogP contribution in [0.1, 0.15) is 63.3 Å². The molecular formula is C30H41NO6Si. The van der Waals surface area contributed by atoms with Crippen molar-refractivity contribution in [2.45, 2.75) is 84.1 Å². The van der Waals surface area contributed by atoms with Gasteiger partial charge in [0.05, 0.1) is 13.2 Å². The first-order valence-corrected chi connectivity index (χ1v) is 16.0. The van der Waals surface area contributed by atoms with E-state index in [0.29, 0.717) is 5.76 Å². The summed E-state index contributed by atoms with van der Waals surface area (Å²) in [6.07, 6.45) is -0.447. The van der Waals surface area contributed by atoms with Crippen LogP contribution in [-0.4, -0.2) is 41.7 Å². The number of benzene rings is 2. The maximum absolute atomic E-state index is 12.7. The molecule has 206 valence electrons. The second-order valence-corrected chi connectivity index (χ2v) is 16.2. The van der Waals surface area contributed by atoms with E-state index in [2.05, 4.69) is 70.2 Å². The summed E-state index contributed by atoms with van der Waals surface area (Å²) in [6.45, 7) is 13.8. The predicted octanol–water partition coefficient (Wildman–Crippen LogP) is 6.00. The van der Waals surface area contributed by atoms with Gasteiger partial charge in [-0.25, -0.2) is 0 Å². The number of rotatable bonds is 12. The maximum atomic E-state index is 12.7. The van der Waals surface area contributed by atoms with Crippen molar-refractivity contribution in [2.75, 3.05) is 6.61 Å². The maximum Gasteiger partial charge on any atom is 0.192 e. The van der Waals surface area contributed by atoms with Crippen LogP contribution in [-0.2, 0) is 33.6 Å². The zero-order valence-corrected chi connectivity index (χ0v) is 24.6. The highest BCUT2D eigenvalue weighted by atomic mass is 28.4. The third-order valence-corrected chi connectivity index (χ3v) is 12.1. The molecule has 0 saturated carbocycles. The van der Waals surface area contributed by atoms with Crippen LogP contribution in [0.3, 0.4) is 0 Å². The first-order chi connectivity index (χ1) is 17.8. The van der Waals surface area contributed by atoms with Crippen LogP contribution in [0.4, 0.5) is 0 Å². The first kappa shape index (κ1) is 29.9. The molecule has 0 aliphatic carbocycles. The Bertz CT molecular complexity index is 1200. The van der Waals surface area contributed by atoms with Gasteiger partial charge in [-0.2, -0.15) is 0 Å². The number of hydrogen-bond acceptors (Lipinski definition) is 7. The number of ether oxygens (including phenoxy) is 1. The Morgan fingerprint density at radius 1 is 0.974 bits per heavy atom. The van der Waals surface area contributed by atoms with Crippen LogP contribution in [0.25, 0.3) is 11.1 Å². The molecule has 8 heteroatoms. The van der Waals surface area contributed by atoms with Crippen LogP contribution < -0.4 is 0 Å². The van der Waals surface area contributed by atoms with Crippen molar-refractivity contribution in [1.29, 1.82) is 0 Å². The van der Waals surface area contributed by atoms with E-state index in [4.69, 9.17) is 13.7 Å². The smallest absolute Gasteiger partial charge is 0.192 e. The number of carbonyl (C=O) groups excluding carboxylic acids is 1. The van der Waals surface area contributed by atoms with Crippen molar-refractivity contribution in [1.82, 2.24) is 5.16 Å². The van der Waals surface area contributed by atoms with E-state index in [9.17, 15) is 15.0 Å². The number of aliphatic hydroxyl groups is 2. The Hall–Kier alpha value is -2.62.